The Balaban J connectivity index is 1.87. The minimum absolute atomic E-state index is 0.000831. The van der Waals surface area contributed by atoms with Crippen LogP contribution in [0.3, 0.4) is 0 Å². The molecule has 0 aromatic heterocycles. The van der Waals surface area contributed by atoms with Crippen LogP contribution in [0.2, 0.25) is 5.02 Å². The highest BCUT2D eigenvalue weighted by Gasteiger charge is 2.27. The number of rotatable bonds is 9. The van der Waals surface area contributed by atoms with E-state index in [9.17, 15) is 13.2 Å². The molecule has 0 bridgehead atoms. The van der Waals surface area contributed by atoms with Gasteiger partial charge in [0.15, 0.2) is 0 Å². The number of carbonyl (C=O) groups is 1. The number of anilines is 1. The maximum atomic E-state index is 13.5. The van der Waals surface area contributed by atoms with Crippen molar-refractivity contribution in [1.82, 2.24) is 4.31 Å². The van der Waals surface area contributed by atoms with Crippen molar-refractivity contribution in [1.29, 1.82) is 0 Å². The lowest BCUT2D eigenvalue weighted by molar-refractivity contribution is -0.116. The van der Waals surface area contributed by atoms with Crippen LogP contribution in [-0.4, -0.2) is 38.8 Å². The zero-order valence-electron chi connectivity index (χ0n) is 18.8. The van der Waals surface area contributed by atoms with E-state index in [4.69, 9.17) is 16.3 Å². The molecule has 0 aliphatic carbocycles. The number of ether oxygens (including phenoxy) is 1. The first kappa shape index (κ1) is 24.8. The van der Waals surface area contributed by atoms with Gasteiger partial charge in [-0.2, -0.15) is 4.31 Å². The lowest BCUT2D eigenvalue weighted by Crippen LogP contribution is -2.39. The first-order valence-corrected chi connectivity index (χ1v) is 12.3. The molecule has 0 radical (unpaired) electrons. The zero-order chi connectivity index (χ0) is 24.0. The first-order valence-electron chi connectivity index (χ1n) is 10.5. The molecular formula is C25H27ClN2O4S. The van der Waals surface area contributed by atoms with Gasteiger partial charge in [0.1, 0.15) is 5.75 Å². The van der Waals surface area contributed by atoms with Crippen molar-refractivity contribution in [3.05, 3.63) is 88.4 Å². The predicted octanol–water partition coefficient (Wildman–Crippen LogP) is 4.84. The lowest BCUT2D eigenvalue weighted by atomic mass is 10.1. The highest BCUT2D eigenvalue weighted by molar-refractivity contribution is 7.89. The van der Waals surface area contributed by atoms with Crippen LogP contribution in [0.5, 0.6) is 5.75 Å². The van der Waals surface area contributed by atoms with E-state index in [1.807, 2.05) is 56.3 Å². The fourth-order valence-corrected chi connectivity index (χ4v) is 5.12. The average Bonchev–Trinajstić information content (AvgIpc) is 2.80. The number of sulfonamides is 1. The molecular weight excluding hydrogens is 460 g/mol. The molecule has 33 heavy (non-hydrogen) atoms. The zero-order valence-corrected chi connectivity index (χ0v) is 20.4. The van der Waals surface area contributed by atoms with Gasteiger partial charge in [0.2, 0.25) is 15.9 Å². The second-order valence-electron chi connectivity index (χ2n) is 7.67. The van der Waals surface area contributed by atoms with E-state index in [1.54, 1.807) is 6.07 Å². The Morgan fingerprint density at radius 2 is 1.76 bits per heavy atom. The highest BCUT2D eigenvalue weighted by Crippen LogP contribution is 2.28. The molecule has 6 nitrogen and oxygen atoms in total. The Hall–Kier alpha value is -2.87. The van der Waals surface area contributed by atoms with E-state index in [0.29, 0.717) is 17.9 Å². The number of carbonyl (C=O) groups excluding carboxylic acids is 1. The van der Waals surface area contributed by atoms with Crippen molar-refractivity contribution in [2.24, 2.45) is 0 Å². The minimum Gasteiger partial charge on any atom is -0.495 e. The van der Waals surface area contributed by atoms with Crippen LogP contribution in [0.4, 0.5) is 5.69 Å². The van der Waals surface area contributed by atoms with Gasteiger partial charge in [0.05, 0.1) is 23.6 Å². The van der Waals surface area contributed by atoms with Crippen LogP contribution in [-0.2, 0) is 21.2 Å². The lowest BCUT2D eigenvalue weighted by Gasteiger charge is -2.22. The Bertz CT molecular complexity index is 1230. The Labute approximate surface area is 200 Å². The van der Waals surface area contributed by atoms with Crippen LogP contribution in [0.1, 0.15) is 16.7 Å². The summed E-state index contributed by atoms with van der Waals surface area (Å²) in [7, 11) is -2.53. The van der Waals surface area contributed by atoms with Gasteiger partial charge in [-0.15, -0.1) is 0 Å². The molecule has 1 amide bonds. The smallest absolute Gasteiger partial charge is 0.243 e. The van der Waals surface area contributed by atoms with E-state index in [1.165, 1.54) is 29.6 Å². The molecule has 3 aromatic carbocycles. The van der Waals surface area contributed by atoms with E-state index >= 15 is 0 Å². The summed E-state index contributed by atoms with van der Waals surface area (Å²) < 4.78 is 33.2. The Morgan fingerprint density at radius 1 is 1.03 bits per heavy atom. The highest BCUT2D eigenvalue weighted by atomic mass is 35.5. The molecule has 0 saturated heterocycles. The molecule has 3 rings (SSSR count). The standard InChI is InChI=1S/C25H27ClN2O4S/c1-18-8-7-11-23(19(18)2)27-25(29)17-28(15-14-20-9-5-4-6-10-20)33(30,31)21-12-13-24(32-3)22(26)16-21/h4-13,16H,14-15,17H2,1-3H3,(H,27,29). The van der Waals surface area contributed by atoms with E-state index < -0.39 is 15.9 Å². The summed E-state index contributed by atoms with van der Waals surface area (Å²) in [4.78, 5) is 12.9. The van der Waals surface area contributed by atoms with E-state index in [-0.39, 0.29) is 23.0 Å². The quantitative estimate of drug-likeness (QED) is 0.469. The van der Waals surface area contributed by atoms with Crippen LogP contribution in [0.25, 0.3) is 0 Å². The maximum absolute atomic E-state index is 13.5. The van der Waals surface area contributed by atoms with Crippen molar-refractivity contribution < 1.29 is 17.9 Å². The molecule has 0 atom stereocenters. The van der Waals surface area contributed by atoms with Gasteiger partial charge in [-0.05, 0) is 61.2 Å². The summed E-state index contributed by atoms with van der Waals surface area (Å²) in [6, 6.07) is 19.4. The fraction of sp³-hybridized carbons (Fsp3) is 0.240. The van der Waals surface area contributed by atoms with Crippen molar-refractivity contribution in [3.8, 4) is 5.75 Å². The topological polar surface area (TPSA) is 75.7 Å². The Morgan fingerprint density at radius 3 is 2.42 bits per heavy atom. The average molecular weight is 487 g/mol. The van der Waals surface area contributed by atoms with Gasteiger partial charge < -0.3 is 10.1 Å². The van der Waals surface area contributed by atoms with Crippen LogP contribution < -0.4 is 10.1 Å². The summed E-state index contributed by atoms with van der Waals surface area (Å²) in [6.45, 7) is 3.67. The SMILES string of the molecule is COc1ccc(S(=O)(=O)N(CCc2ccccc2)CC(=O)Nc2cccc(C)c2C)cc1Cl. The molecule has 0 fully saturated rings. The van der Waals surface area contributed by atoms with Crippen LogP contribution in [0, 0.1) is 13.8 Å². The number of halogens is 1. The Kier molecular flexibility index (Phi) is 8.13. The normalized spacial score (nSPS) is 11.4. The summed E-state index contributed by atoms with van der Waals surface area (Å²) in [5.41, 5.74) is 3.61. The summed E-state index contributed by atoms with van der Waals surface area (Å²) in [5, 5.41) is 3.02. The van der Waals surface area contributed by atoms with Crippen molar-refractivity contribution in [2.45, 2.75) is 25.2 Å². The third-order valence-electron chi connectivity index (χ3n) is 5.45. The van der Waals surface area contributed by atoms with E-state index in [0.717, 1.165) is 16.7 Å². The number of nitrogens with zero attached hydrogens (tertiary/aromatic N) is 1. The van der Waals surface area contributed by atoms with Gasteiger partial charge >= 0.3 is 0 Å². The van der Waals surface area contributed by atoms with Crippen molar-refractivity contribution >= 4 is 33.2 Å². The second kappa shape index (κ2) is 10.8. The van der Waals surface area contributed by atoms with Crippen molar-refractivity contribution in [3.63, 3.8) is 0 Å². The van der Waals surface area contributed by atoms with Gasteiger partial charge in [-0.1, -0.05) is 54.1 Å². The number of methoxy groups -OCH3 is 1. The number of nitrogens with one attached hydrogen (secondary N) is 1. The molecule has 0 aliphatic rings. The minimum atomic E-state index is -3.99. The number of aryl methyl sites for hydroxylation is 1. The predicted molar refractivity (Wildman–Crippen MR) is 131 cm³/mol. The largest absolute Gasteiger partial charge is 0.495 e. The molecule has 174 valence electrons. The molecule has 0 aliphatic heterocycles. The summed E-state index contributed by atoms with van der Waals surface area (Å²) in [5.74, 6) is -0.0425. The molecule has 8 heteroatoms. The van der Waals surface area contributed by atoms with Crippen molar-refractivity contribution in [2.75, 3.05) is 25.5 Å². The molecule has 1 N–H and O–H groups in total. The number of hydrogen-bond donors (Lipinski definition) is 1. The number of benzene rings is 3. The number of hydrogen-bond acceptors (Lipinski definition) is 4. The second-order valence-corrected chi connectivity index (χ2v) is 10.0. The van der Waals surface area contributed by atoms with Gasteiger partial charge in [0.25, 0.3) is 0 Å². The maximum Gasteiger partial charge on any atom is 0.243 e. The molecule has 0 spiro atoms. The van der Waals surface area contributed by atoms with Crippen LogP contribution >= 0.6 is 11.6 Å². The third kappa shape index (κ3) is 6.13. The molecule has 0 unspecified atom stereocenters. The molecule has 0 heterocycles. The monoisotopic (exact) mass is 486 g/mol. The van der Waals surface area contributed by atoms with Gasteiger partial charge in [0, 0.05) is 12.2 Å². The fourth-order valence-electron chi connectivity index (χ4n) is 3.38. The van der Waals surface area contributed by atoms with Gasteiger partial charge in [-0.3, -0.25) is 4.79 Å². The molecule has 3 aromatic rings. The van der Waals surface area contributed by atoms with Crippen LogP contribution in [0.15, 0.2) is 71.6 Å². The first-order chi connectivity index (χ1) is 15.7. The number of amides is 1. The summed E-state index contributed by atoms with van der Waals surface area (Å²) in [6.07, 6.45) is 0.459. The summed E-state index contributed by atoms with van der Waals surface area (Å²) >= 11 is 6.17. The molecule has 0 saturated carbocycles. The van der Waals surface area contributed by atoms with E-state index in [2.05, 4.69) is 5.32 Å². The van der Waals surface area contributed by atoms with Gasteiger partial charge in [-0.25, -0.2) is 8.42 Å². The third-order valence-corrected chi connectivity index (χ3v) is 7.59.